The molecule has 0 unspecified atom stereocenters. The molecule has 16 heavy (non-hydrogen) atoms. The minimum Gasteiger partial charge on any atom is -0.494 e. The Hall–Kier alpha value is -1.23. The fourth-order valence-electron chi connectivity index (χ4n) is 1.07. The molecule has 1 aromatic carbocycles. The van der Waals surface area contributed by atoms with Crippen molar-refractivity contribution in [3.05, 3.63) is 24.3 Å². The van der Waals surface area contributed by atoms with Crippen molar-refractivity contribution < 1.29 is 9.53 Å². The smallest absolute Gasteiger partial charge is 0.318 e. The topological polar surface area (TPSA) is 50.4 Å². The number of urea groups is 1. The number of amides is 2. The molecule has 0 fully saturated rings. The molecule has 1 aromatic rings. The molecule has 0 radical (unpaired) electrons. The van der Waals surface area contributed by atoms with Crippen molar-refractivity contribution in [3.8, 4) is 5.75 Å². The summed E-state index contributed by atoms with van der Waals surface area (Å²) in [5, 5.41) is 6.09. The maximum absolute atomic E-state index is 11.0. The second-order valence-corrected chi connectivity index (χ2v) is 3.91. The summed E-state index contributed by atoms with van der Waals surface area (Å²) in [6, 6.07) is 7.05. The van der Waals surface area contributed by atoms with E-state index in [-0.39, 0.29) is 6.03 Å². The molecule has 0 aliphatic rings. The van der Waals surface area contributed by atoms with Crippen LogP contribution in [0.5, 0.6) is 5.75 Å². The predicted octanol–water partition coefficient (Wildman–Crippen LogP) is 2.60. The van der Waals surface area contributed by atoms with Gasteiger partial charge in [0.05, 0.1) is 6.61 Å². The van der Waals surface area contributed by atoms with Gasteiger partial charge in [0.25, 0.3) is 0 Å². The van der Waals surface area contributed by atoms with Crippen LogP contribution in [0, 0.1) is 0 Å². The highest BCUT2D eigenvalue weighted by atomic mass is 79.9. The maximum Gasteiger partial charge on any atom is 0.318 e. The summed E-state index contributed by atoms with van der Waals surface area (Å²) in [7, 11) is 1.58. The van der Waals surface area contributed by atoms with Crippen LogP contribution in [0.2, 0.25) is 0 Å². The number of carbonyl (C=O) groups excluding carboxylic acids is 1. The third kappa shape index (κ3) is 4.53. The van der Waals surface area contributed by atoms with Crippen LogP contribution in [-0.4, -0.2) is 25.0 Å². The lowest BCUT2D eigenvalue weighted by molar-refractivity contribution is 0.254. The number of ether oxygens (including phenoxy) is 1. The average Bonchev–Trinajstić information content (AvgIpc) is 2.31. The van der Waals surface area contributed by atoms with Gasteiger partial charge >= 0.3 is 6.03 Å². The van der Waals surface area contributed by atoms with Crippen molar-refractivity contribution in [3.63, 3.8) is 0 Å². The summed E-state index contributed by atoms with van der Waals surface area (Å²) >= 11 is 3.34. The zero-order valence-electron chi connectivity index (χ0n) is 9.13. The van der Waals surface area contributed by atoms with Crippen LogP contribution >= 0.6 is 15.9 Å². The van der Waals surface area contributed by atoms with E-state index in [1.54, 1.807) is 19.2 Å². The Morgan fingerprint density at radius 3 is 2.62 bits per heavy atom. The molecule has 2 N–H and O–H groups in total. The van der Waals surface area contributed by atoms with Crippen LogP contribution in [0.25, 0.3) is 0 Å². The Morgan fingerprint density at radius 1 is 1.38 bits per heavy atom. The fraction of sp³-hybridized carbons (Fsp3) is 0.364. The minimum absolute atomic E-state index is 0.229. The Balaban J connectivity index is 2.44. The van der Waals surface area contributed by atoms with Crippen molar-refractivity contribution in [2.75, 3.05) is 24.3 Å². The van der Waals surface area contributed by atoms with Gasteiger partial charge in [0, 0.05) is 18.1 Å². The van der Waals surface area contributed by atoms with Crippen molar-refractivity contribution in [2.24, 2.45) is 0 Å². The van der Waals surface area contributed by atoms with E-state index in [1.165, 1.54) is 0 Å². The molecule has 5 heteroatoms. The molecule has 2 amide bonds. The summed E-state index contributed by atoms with van der Waals surface area (Å²) in [5.41, 5.74) is 0.743. The SMILES string of the molecule is CNC(=O)Nc1ccc(OCCCBr)cc1. The van der Waals surface area contributed by atoms with Gasteiger partial charge in [0.1, 0.15) is 5.75 Å². The zero-order chi connectivity index (χ0) is 11.8. The van der Waals surface area contributed by atoms with Gasteiger partial charge in [0.15, 0.2) is 0 Å². The van der Waals surface area contributed by atoms with E-state index in [2.05, 4.69) is 26.6 Å². The summed E-state index contributed by atoms with van der Waals surface area (Å²) in [4.78, 5) is 11.0. The summed E-state index contributed by atoms with van der Waals surface area (Å²) in [6.07, 6.45) is 0.970. The molecule has 0 atom stereocenters. The minimum atomic E-state index is -0.229. The molecule has 0 spiro atoms. The predicted molar refractivity (Wildman–Crippen MR) is 68.4 cm³/mol. The van der Waals surface area contributed by atoms with Crippen LogP contribution in [0.4, 0.5) is 10.5 Å². The maximum atomic E-state index is 11.0. The first-order chi connectivity index (χ1) is 7.76. The zero-order valence-corrected chi connectivity index (χ0v) is 10.7. The average molecular weight is 287 g/mol. The second kappa shape index (κ2) is 7.11. The molecule has 0 bridgehead atoms. The Bertz CT molecular complexity index is 327. The third-order valence-corrected chi connectivity index (χ3v) is 2.45. The third-order valence-electron chi connectivity index (χ3n) is 1.89. The number of rotatable bonds is 5. The number of nitrogens with one attached hydrogen (secondary N) is 2. The van der Waals surface area contributed by atoms with Crippen LogP contribution in [0.1, 0.15) is 6.42 Å². The molecule has 0 saturated carbocycles. The van der Waals surface area contributed by atoms with Gasteiger partial charge in [-0.1, -0.05) is 15.9 Å². The highest BCUT2D eigenvalue weighted by molar-refractivity contribution is 9.09. The summed E-state index contributed by atoms with van der Waals surface area (Å²) < 4.78 is 5.47. The van der Waals surface area contributed by atoms with Crippen LogP contribution in [-0.2, 0) is 0 Å². The lowest BCUT2D eigenvalue weighted by Crippen LogP contribution is -2.24. The quantitative estimate of drug-likeness (QED) is 0.646. The second-order valence-electron chi connectivity index (χ2n) is 3.12. The van der Waals surface area contributed by atoms with Gasteiger partial charge < -0.3 is 15.4 Å². The molecule has 4 nitrogen and oxygen atoms in total. The molecular formula is C11H15BrN2O2. The van der Waals surface area contributed by atoms with E-state index < -0.39 is 0 Å². The Kier molecular flexibility index (Phi) is 5.71. The van der Waals surface area contributed by atoms with Crippen LogP contribution in [0.3, 0.4) is 0 Å². The van der Waals surface area contributed by atoms with Crippen LogP contribution in [0.15, 0.2) is 24.3 Å². The van der Waals surface area contributed by atoms with Gasteiger partial charge in [-0.05, 0) is 30.7 Å². The number of hydrogen-bond donors (Lipinski definition) is 2. The first kappa shape index (κ1) is 12.8. The number of carbonyl (C=O) groups is 1. The molecule has 1 rings (SSSR count). The van der Waals surface area contributed by atoms with Gasteiger partial charge in [-0.3, -0.25) is 0 Å². The van der Waals surface area contributed by atoms with Crippen LogP contribution < -0.4 is 15.4 Å². The van der Waals surface area contributed by atoms with E-state index in [0.29, 0.717) is 6.61 Å². The molecule has 0 aliphatic heterocycles. The monoisotopic (exact) mass is 286 g/mol. The van der Waals surface area contributed by atoms with Crippen molar-refractivity contribution in [1.29, 1.82) is 0 Å². The van der Waals surface area contributed by atoms with E-state index in [0.717, 1.165) is 23.2 Å². The van der Waals surface area contributed by atoms with E-state index in [1.807, 2.05) is 12.1 Å². The van der Waals surface area contributed by atoms with E-state index in [4.69, 9.17) is 4.74 Å². The lowest BCUT2D eigenvalue weighted by Gasteiger charge is -2.07. The Labute approximate surface area is 103 Å². The van der Waals surface area contributed by atoms with Crippen molar-refractivity contribution in [2.45, 2.75) is 6.42 Å². The standard InChI is InChI=1S/C11H15BrN2O2/c1-13-11(15)14-9-3-5-10(6-4-9)16-8-2-7-12/h3-6H,2,7-8H2,1H3,(H2,13,14,15). The highest BCUT2D eigenvalue weighted by Crippen LogP contribution is 2.15. The lowest BCUT2D eigenvalue weighted by atomic mass is 10.3. The molecule has 0 aliphatic carbocycles. The first-order valence-electron chi connectivity index (χ1n) is 5.04. The van der Waals surface area contributed by atoms with Gasteiger partial charge in [-0.25, -0.2) is 4.79 Å². The Morgan fingerprint density at radius 2 is 2.06 bits per heavy atom. The molecule has 88 valence electrons. The summed E-state index contributed by atoms with van der Waals surface area (Å²) in [5.74, 6) is 0.809. The molecule has 0 heterocycles. The number of benzene rings is 1. The van der Waals surface area contributed by atoms with Crippen molar-refractivity contribution in [1.82, 2.24) is 5.32 Å². The highest BCUT2D eigenvalue weighted by Gasteiger charge is 1.98. The molecule has 0 saturated heterocycles. The van der Waals surface area contributed by atoms with Gasteiger partial charge in [0.2, 0.25) is 0 Å². The van der Waals surface area contributed by atoms with Crippen molar-refractivity contribution >= 4 is 27.6 Å². The molecule has 0 aromatic heterocycles. The number of hydrogen-bond acceptors (Lipinski definition) is 2. The van der Waals surface area contributed by atoms with Gasteiger partial charge in [-0.2, -0.15) is 0 Å². The van der Waals surface area contributed by atoms with E-state index >= 15 is 0 Å². The molecular weight excluding hydrogens is 272 g/mol. The normalized spacial score (nSPS) is 9.62. The number of alkyl halides is 1. The largest absolute Gasteiger partial charge is 0.494 e. The summed E-state index contributed by atoms with van der Waals surface area (Å²) in [6.45, 7) is 0.688. The first-order valence-corrected chi connectivity index (χ1v) is 6.16. The fourth-order valence-corrected chi connectivity index (χ4v) is 1.30. The van der Waals surface area contributed by atoms with E-state index in [9.17, 15) is 4.79 Å². The number of anilines is 1. The number of halogens is 1. The van der Waals surface area contributed by atoms with Gasteiger partial charge in [-0.15, -0.1) is 0 Å².